The molecule has 1 aliphatic rings. The zero-order valence-corrected chi connectivity index (χ0v) is 21.5. The highest BCUT2D eigenvalue weighted by atomic mass is 32.1. The van der Waals surface area contributed by atoms with E-state index in [0.717, 1.165) is 0 Å². The van der Waals surface area contributed by atoms with Gasteiger partial charge in [-0.3, -0.25) is 19.1 Å². The lowest BCUT2D eigenvalue weighted by Gasteiger charge is -2.18. The average molecular weight is 547 g/mol. The Morgan fingerprint density at radius 1 is 1.00 bits per heavy atom. The summed E-state index contributed by atoms with van der Waals surface area (Å²) in [5.74, 6) is -4.00. The SMILES string of the molecule is CCOC(=O)COc1ccc(C(=O)CN2Cc3cc(C(=O)NS)ccc3C2=O)c(O)c1OCC(=O)OCC. The number of benzene rings is 2. The van der Waals surface area contributed by atoms with Gasteiger partial charge in [0.25, 0.3) is 11.8 Å². The van der Waals surface area contributed by atoms with Gasteiger partial charge in [-0.2, -0.15) is 0 Å². The molecule has 0 aliphatic carbocycles. The molecule has 2 amide bonds. The van der Waals surface area contributed by atoms with Crippen LogP contribution in [-0.2, 0) is 25.6 Å². The molecule has 0 aromatic heterocycles. The highest BCUT2D eigenvalue weighted by Crippen LogP contribution is 2.40. The van der Waals surface area contributed by atoms with Gasteiger partial charge in [0, 0.05) is 17.7 Å². The minimum atomic E-state index is -0.730. The Labute approximate surface area is 223 Å². The quantitative estimate of drug-likeness (QED) is 0.203. The van der Waals surface area contributed by atoms with Crippen LogP contribution in [0.15, 0.2) is 30.3 Å². The van der Waals surface area contributed by atoms with Crippen molar-refractivity contribution in [2.75, 3.05) is 33.0 Å². The maximum atomic E-state index is 13.1. The Morgan fingerprint density at radius 2 is 1.66 bits per heavy atom. The number of esters is 2. The van der Waals surface area contributed by atoms with Crippen LogP contribution in [0.1, 0.15) is 50.5 Å². The number of carbonyl (C=O) groups is 5. The number of thiol groups is 1. The molecule has 3 rings (SSSR count). The van der Waals surface area contributed by atoms with Gasteiger partial charge in [0.15, 0.2) is 30.5 Å². The van der Waals surface area contributed by atoms with Crippen molar-refractivity contribution in [2.45, 2.75) is 20.4 Å². The number of carbonyl (C=O) groups excluding carboxylic acids is 5. The number of phenols is 1. The summed E-state index contributed by atoms with van der Waals surface area (Å²) in [6.45, 7) is 2.04. The summed E-state index contributed by atoms with van der Waals surface area (Å²) in [5.41, 5.74) is 1.01. The number of hydrogen-bond acceptors (Lipinski definition) is 11. The number of ether oxygens (including phenoxy) is 4. The van der Waals surface area contributed by atoms with Crippen molar-refractivity contribution in [3.8, 4) is 17.2 Å². The molecule has 38 heavy (non-hydrogen) atoms. The van der Waals surface area contributed by atoms with Crippen molar-refractivity contribution < 1.29 is 48.0 Å². The first kappa shape index (κ1) is 28.3. The fourth-order valence-electron chi connectivity index (χ4n) is 3.68. The van der Waals surface area contributed by atoms with Gasteiger partial charge in [0.2, 0.25) is 5.75 Å². The predicted molar refractivity (Wildman–Crippen MR) is 134 cm³/mol. The van der Waals surface area contributed by atoms with Crippen LogP contribution in [0, 0.1) is 0 Å². The summed E-state index contributed by atoms with van der Waals surface area (Å²) >= 11 is 3.73. The van der Waals surface area contributed by atoms with Gasteiger partial charge in [0.05, 0.1) is 25.3 Å². The lowest BCUT2D eigenvalue weighted by atomic mass is 10.1. The maximum absolute atomic E-state index is 13.1. The van der Waals surface area contributed by atoms with E-state index in [0.29, 0.717) is 16.7 Å². The van der Waals surface area contributed by atoms with E-state index < -0.39 is 55.0 Å². The van der Waals surface area contributed by atoms with Crippen LogP contribution in [0.25, 0.3) is 0 Å². The van der Waals surface area contributed by atoms with E-state index in [4.69, 9.17) is 18.9 Å². The first-order chi connectivity index (χ1) is 18.2. The topological polar surface area (TPSA) is 158 Å². The Bertz CT molecular complexity index is 1260. The number of hydrogen-bond donors (Lipinski definition) is 3. The Kier molecular flexibility index (Phi) is 9.55. The van der Waals surface area contributed by atoms with Gasteiger partial charge in [-0.1, -0.05) is 12.8 Å². The van der Waals surface area contributed by atoms with Gasteiger partial charge in [-0.05, 0) is 49.7 Å². The van der Waals surface area contributed by atoms with Crippen molar-refractivity contribution in [3.05, 3.63) is 52.6 Å². The molecule has 202 valence electrons. The number of nitrogens with zero attached hydrogens (tertiary/aromatic N) is 1. The fraction of sp³-hybridized carbons (Fsp3) is 0.320. The normalized spacial score (nSPS) is 12.0. The van der Waals surface area contributed by atoms with Crippen molar-refractivity contribution in [1.82, 2.24) is 9.62 Å². The molecule has 0 atom stereocenters. The van der Waals surface area contributed by atoms with E-state index in [2.05, 4.69) is 17.5 Å². The Morgan fingerprint density at radius 3 is 2.29 bits per heavy atom. The third kappa shape index (κ3) is 6.54. The number of rotatable bonds is 12. The van der Waals surface area contributed by atoms with Crippen molar-refractivity contribution in [3.63, 3.8) is 0 Å². The Balaban J connectivity index is 1.81. The molecule has 0 bridgehead atoms. The van der Waals surface area contributed by atoms with E-state index in [1.54, 1.807) is 13.8 Å². The van der Waals surface area contributed by atoms with Crippen molar-refractivity contribution in [2.24, 2.45) is 0 Å². The number of nitrogens with one attached hydrogen (secondary N) is 1. The molecule has 0 unspecified atom stereocenters. The number of aromatic hydroxyl groups is 1. The van der Waals surface area contributed by atoms with E-state index >= 15 is 0 Å². The standard InChI is InChI=1S/C25H26N2O10S/c1-3-34-20(29)12-36-19-8-7-17(22(31)23(19)37-13-21(30)35-4-2)18(28)11-27-10-15-9-14(24(32)26-38)5-6-16(15)25(27)33/h5-9,31,38H,3-4,10-13H2,1-2H3,(H,26,32). The van der Waals surface area contributed by atoms with Crippen LogP contribution in [0.4, 0.5) is 0 Å². The van der Waals surface area contributed by atoms with Crippen LogP contribution in [0.5, 0.6) is 17.2 Å². The molecule has 2 aromatic rings. The second kappa shape index (κ2) is 12.8. The van der Waals surface area contributed by atoms with Crippen molar-refractivity contribution in [1.29, 1.82) is 0 Å². The monoisotopic (exact) mass is 546 g/mol. The summed E-state index contributed by atoms with van der Waals surface area (Å²) in [4.78, 5) is 62.5. The van der Waals surface area contributed by atoms with Crippen molar-refractivity contribution >= 4 is 42.4 Å². The number of fused-ring (bicyclic) bond motifs is 1. The van der Waals surface area contributed by atoms with Crippen LogP contribution in [0.3, 0.4) is 0 Å². The lowest BCUT2D eigenvalue weighted by Crippen LogP contribution is -2.30. The predicted octanol–water partition coefficient (Wildman–Crippen LogP) is 1.69. The molecular formula is C25H26N2O10S. The largest absolute Gasteiger partial charge is 0.504 e. The zero-order valence-electron chi connectivity index (χ0n) is 20.6. The molecule has 2 aromatic carbocycles. The summed E-state index contributed by atoms with van der Waals surface area (Å²) in [7, 11) is 0. The van der Waals surface area contributed by atoms with Gasteiger partial charge in [-0.25, -0.2) is 9.59 Å². The first-order valence-electron chi connectivity index (χ1n) is 11.5. The molecule has 13 heteroatoms. The molecule has 1 heterocycles. The molecule has 0 saturated heterocycles. The third-order valence-corrected chi connectivity index (χ3v) is 5.57. The molecule has 0 radical (unpaired) electrons. The number of phenolic OH excluding ortho intramolecular Hbond substituents is 1. The second-order valence-electron chi connectivity index (χ2n) is 7.87. The number of amides is 2. The smallest absolute Gasteiger partial charge is 0.344 e. The van der Waals surface area contributed by atoms with Crippen LogP contribution in [-0.4, -0.2) is 72.5 Å². The molecule has 0 spiro atoms. The number of ketones is 1. The van der Waals surface area contributed by atoms with E-state index in [9.17, 15) is 29.1 Å². The minimum absolute atomic E-state index is 0.0707. The summed E-state index contributed by atoms with van der Waals surface area (Å²) < 4.78 is 22.6. The molecule has 2 N–H and O–H groups in total. The molecule has 12 nitrogen and oxygen atoms in total. The number of Topliss-reactive ketones (excluding diaryl/α,β-unsaturated/α-hetero) is 1. The second-order valence-corrected chi connectivity index (χ2v) is 8.10. The van der Waals surface area contributed by atoms with Crippen LogP contribution in [0.2, 0.25) is 0 Å². The third-order valence-electron chi connectivity index (χ3n) is 5.37. The molecule has 0 fully saturated rings. The summed E-state index contributed by atoms with van der Waals surface area (Å²) in [6.07, 6.45) is 0. The Hall–Kier alpha value is -4.26. The van der Waals surface area contributed by atoms with Crippen LogP contribution >= 0.6 is 12.8 Å². The van der Waals surface area contributed by atoms with Gasteiger partial charge in [-0.15, -0.1) is 0 Å². The van der Waals surface area contributed by atoms with Gasteiger partial charge < -0.3 is 29.0 Å². The molecule has 0 saturated carbocycles. The lowest BCUT2D eigenvalue weighted by molar-refractivity contribution is -0.146. The van der Waals surface area contributed by atoms with Gasteiger partial charge in [0.1, 0.15) is 0 Å². The van der Waals surface area contributed by atoms with E-state index in [-0.39, 0.29) is 36.8 Å². The highest BCUT2D eigenvalue weighted by Gasteiger charge is 2.31. The zero-order chi connectivity index (χ0) is 27.8. The molecule has 1 aliphatic heterocycles. The van der Waals surface area contributed by atoms with Gasteiger partial charge >= 0.3 is 11.9 Å². The summed E-state index contributed by atoms with van der Waals surface area (Å²) in [6, 6.07) is 7.04. The average Bonchev–Trinajstić information content (AvgIpc) is 3.20. The summed E-state index contributed by atoms with van der Waals surface area (Å²) in [5, 5.41) is 10.8. The van der Waals surface area contributed by atoms with Crippen LogP contribution < -0.4 is 14.2 Å². The maximum Gasteiger partial charge on any atom is 0.344 e. The highest BCUT2D eigenvalue weighted by molar-refractivity contribution is 7.78. The van der Waals surface area contributed by atoms with E-state index in [1.165, 1.54) is 35.2 Å². The molecular weight excluding hydrogens is 520 g/mol. The minimum Gasteiger partial charge on any atom is -0.504 e. The first-order valence-corrected chi connectivity index (χ1v) is 12.0. The fourth-order valence-corrected chi connectivity index (χ4v) is 3.81. The van der Waals surface area contributed by atoms with E-state index in [1.807, 2.05) is 0 Å².